The van der Waals surface area contributed by atoms with Crippen molar-refractivity contribution < 1.29 is 0 Å². The first-order valence-electron chi connectivity index (χ1n) is 16.9. The Morgan fingerprint density at radius 3 is 1.53 bits per heavy atom. The van der Waals surface area contributed by atoms with Crippen LogP contribution in [0.4, 0.5) is 0 Å². The minimum atomic E-state index is 0.667. The summed E-state index contributed by atoms with van der Waals surface area (Å²) in [6, 6.07) is 55.9. The van der Waals surface area contributed by atoms with E-state index in [1.54, 1.807) is 0 Å². The predicted molar refractivity (Wildman–Crippen MR) is 216 cm³/mol. The van der Waals surface area contributed by atoms with Gasteiger partial charge in [0, 0.05) is 67.8 Å². The van der Waals surface area contributed by atoms with Gasteiger partial charge in [0.1, 0.15) is 0 Å². The van der Waals surface area contributed by atoms with E-state index in [1.807, 2.05) is 83.3 Å². The monoisotopic (exact) mass is 686 g/mol. The molecule has 0 aliphatic heterocycles. The Morgan fingerprint density at radius 1 is 0.353 bits per heavy atom. The maximum atomic E-state index is 5.01. The zero-order valence-corrected chi connectivity index (χ0v) is 28.7. The van der Waals surface area contributed by atoms with Crippen LogP contribution in [0.15, 0.2) is 158 Å². The van der Waals surface area contributed by atoms with Crippen LogP contribution in [0.5, 0.6) is 0 Å². The van der Waals surface area contributed by atoms with Crippen molar-refractivity contribution >= 4 is 84.8 Å². The molecule has 11 rings (SSSR count). The molecule has 4 aromatic heterocycles. The van der Waals surface area contributed by atoms with E-state index in [9.17, 15) is 0 Å². The van der Waals surface area contributed by atoms with E-state index in [1.165, 1.54) is 67.8 Å². The van der Waals surface area contributed by atoms with Gasteiger partial charge in [0.15, 0.2) is 17.5 Å². The van der Waals surface area contributed by atoms with Crippen LogP contribution in [-0.4, -0.2) is 19.5 Å². The minimum absolute atomic E-state index is 0.667. The van der Waals surface area contributed by atoms with Crippen molar-refractivity contribution in [2.24, 2.45) is 0 Å². The lowest BCUT2D eigenvalue weighted by Crippen LogP contribution is -1.99. The third-order valence-electron chi connectivity index (χ3n) is 9.85. The van der Waals surface area contributed by atoms with E-state index >= 15 is 0 Å². The Hall–Kier alpha value is -6.21. The maximum Gasteiger partial charge on any atom is 0.164 e. The molecule has 0 amide bonds. The molecule has 0 aliphatic carbocycles. The second-order valence-corrected chi connectivity index (χ2v) is 15.0. The van der Waals surface area contributed by atoms with Crippen LogP contribution in [-0.2, 0) is 0 Å². The van der Waals surface area contributed by atoms with Crippen LogP contribution in [0.3, 0.4) is 0 Å². The molecule has 51 heavy (non-hydrogen) atoms. The van der Waals surface area contributed by atoms with Crippen LogP contribution in [0.25, 0.3) is 102 Å². The zero-order valence-electron chi connectivity index (χ0n) is 27.1. The lowest BCUT2D eigenvalue weighted by molar-refractivity contribution is 1.07. The maximum absolute atomic E-state index is 5.01. The van der Waals surface area contributed by atoms with E-state index in [2.05, 4.69) is 102 Å². The molecule has 4 nitrogen and oxygen atoms in total. The van der Waals surface area contributed by atoms with Gasteiger partial charge in [-0.3, -0.25) is 0 Å². The zero-order chi connectivity index (χ0) is 33.5. The first-order chi connectivity index (χ1) is 25.3. The molecule has 0 spiro atoms. The summed E-state index contributed by atoms with van der Waals surface area (Å²) in [7, 11) is 0. The van der Waals surface area contributed by atoms with E-state index < -0.39 is 0 Å². The third-order valence-corrected chi connectivity index (χ3v) is 12.1. The molecule has 6 heteroatoms. The molecule has 11 aromatic rings. The number of aromatic nitrogens is 4. The van der Waals surface area contributed by atoms with Crippen LogP contribution in [0.2, 0.25) is 0 Å². The molecule has 0 unspecified atom stereocenters. The van der Waals surface area contributed by atoms with Crippen molar-refractivity contribution in [2.45, 2.75) is 0 Å². The summed E-state index contributed by atoms with van der Waals surface area (Å²) in [5, 5.41) is 7.73. The molecule has 0 aliphatic rings. The second-order valence-electron chi connectivity index (χ2n) is 12.8. The smallest absolute Gasteiger partial charge is 0.164 e. The molecule has 0 bridgehead atoms. The Labute approximate surface area is 300 Å². The van der Waals surface area contributed by atoms with Gasteiger partial charge in [-0.25, -0.2) is 15.0 Å². The minimum Gasteiger partial charge on any atom is -0.309 e. The molecule has 0 saturated heterocycles. The fourth-order valence-electron chi connectivity index (χ4n) is 7.60. The number of fused-ring (bicyclic) bond motifs is 10. The van der Waals surface area contributed by atoms with Crippen molar-refractivity contribution in [1.82, 2.24) is 19.5 Å². The highest BCUT2D eigenvalue weighted by molar-refractivity contribution is 7.28. The van der Waals surface area contributed by atoms with E-state index in [4.69, 9.17) is 15.0 Å². The first-order valence-corrected chi connectivity index (χ1v) is 18.6. The highest BCUT2D eigenvalue weighted by Crippen LogP contribution is 2.47. The molecular weight excluding hydrogens is 661 g/mol. The molecule has 0 fully saturated rings. The van der Waals surface area contributed by atoms with Crippen LogP contribution in [0, 0.1) is 0 Å². The van der Waals surface area contributed by atoms with Gasteiger partial charge < -0.3 is 4.57 Å². The first kappa shape index (κ1) is 28.6. The van der Waals surface area contributed by atoms with Crippen molar-refractivity contribution in [3.05, 3.63) is 158 Å². The number of benzene rings is 7. The number of hydrogen-bond donors (Lipinski definition) is 0. The standard InChI is InChI=1S/C45H26N4S2/c1-3-12-27(13-4-1)43-46-44(28-14-5-2-6-15-28)48-45(47-43)29-22-23-32-39(26-29)51-37-24-25-38-42(40(32)37)41-35(20-11-21-36(41)50-38)49-33-18-9-7-16-30(33)31-17-8-10-19-34(31)49/h1-26H. The highest BCUT2D eigenvalue weighted by Gasteiger charge is 2.20. The quantitative estimate of drug-likeness (QED) is 0.185. The number of para-hydroxylation sites is 2. The molecule has 0 atom stereocenters. The Balaban J connectivity index is 1.15. The van der Waals surface area contributed by atoms with Crippen LogP contribution in [0.1, 0.15) is 0 Å². The van der Waals surface area contributed by atoms with Gasteiger partial charge in [0.25, 0.3) is 0 Å². The summed E-state index contributed by atoms with van der Waals surface area (Å²) in [4.78, 5) is 14.9. The van der Waals surface area contributed by atoms with Gasteiger partial charge >= 0.3 is 0 Å². The summed E-state index contributed by atoms with van der Waals surface area (Å²) in [6.45, 7) is 0. The third kappa shape index (κ3) is 4.40. The largest absolute Gasteiger partial charge is 0.309 e. The lowest BCUT2D eigenvalue weighted by atomic mass is 10.0. The second kappa shape index (κ2) is 11.2. The average Bonchev–Trinajstić information content (AvgIpc) is 3.87. The predicted octanol–water partition coefficient (Wildman–Crippen LogP) is 12.7. The van der Waals surface area contributed by atoms with Gasteiger partial charge in [-0.05, 0) is 42.5 Å². The number of nitrogens with zero attached hydrogens (tertiary/aromatic N) is 4. The molecule has 0 N–H and O–H groups in total. The van der Waals surface area contributed by atoms with Gasteiger partial charge in [0.05, 0.1) is 16.7 Å². The van der Waals surface area contributed by atoms with E-state index in [0.29, 0.717) is 17.5 Å². The summed E-state index contributed by atoms with van der Waals surface area (Å²) in [6.07, 6.45) is 0. The fourth-order valence-corrected chi connectivity index (χ4v) is 9.89. The summed E-state index contributed by atoms with van der Waals surface area (Å²) < 4.78 is 7.54. The van der Waals surface area contributed by atoms with Gasteiger partial charge in [-0.2, -0.15) is 0 Å². The molecule has 7 aromatic carbocycles. The summed E-state index contributed by atoms with van der Waals surface area (Å²) in [5.74, 6) is 2.00. The topological polar surface area (TPSA) is 43.6 Å². The van der Waals surface area contributed by atoms with E-state index in [-0.39, 0.29) is 0 Å². The van der Waals surface area contributed by atoms with E-state index in [0.717, 1.165) is 16.7 Å². The number of thiophene rings is 2. The highest BCUT2D eigenvalue weighted by atomic mass is 32.1. The van der Waals surface area contributed by atoms with Gasteiger partial charge in [-0.15, -0.1) is 22.7 Å². The van der Waals surface area contributed by atoms with Crippen LogP contribution >= 0.6 is 22.7 Å². The Morgan fingerprint density at radius 2 is 0.882 bits per heavy atom. The van der Waals surface area contributed by atoms with Crippen LogP contribution < -0.4 is 0 Å². The average molecular weight is 687 g/mol. The van der Waals surface area contributed by atoms with Crippen molar-refractivity contribution in [2.75, 3.05) is 0 Å². The molecule has 0 radical (unpaired) electrons. The SMILES string of the molecule is c1ccc(-c2nc(-c3ccccc3)nc(-c3ccc4c(c3)sc3ccc5sc6cccc(-n7c8ccccc8c8ccccc87)c6c5c34)n2)cc1. The number of rotatable bonds is 4. The molecule has 238 valence electrons. The summed E-state index contributed by atoms with van der Waals surface area (Å²) in [5.41, 5.74) is 6.56. The lowest BCUT2D eigenvalue weighted by Gasteiger charge is -2.11. The normalized spacial score (nSPS) is 11.9. The molecular formula is C45H26N4S2. The Bertz CT molecular complexity index is 3030. The number of hydrogen-bond acceptors (Lipinski definition) is 5. The fraction of sp³-hybridized carbons (Fsp3) is 0. The van der Waals surface area contributed by atoms with Crippen molar-refractivity contribution in [3.8, 4) is 39.9 Å². The van der Waals surface area contributed by atoms with Crippen molar-refractivity contribution in [3.63, 3.8) is 0 Å². The van der Waals surface area contributed by atoms with Gasteiger partial charge in [-0.1, -0.05) is 115 Å². The molecule has 4 heterocycles. The summed E-state index contributed by atoms with van der Waals surface area (Å²) >= 11 is 3.71. The van der Waals surface area contributed by atoms with Crippen molar-refractivity contribution in [1.29, 1.82) is 0 Å². The Kier molecular flexibility index (Phi) is 6.26. The molecule has 0 saturated carbocycles. The van der Waals surface area contributed by atoms with Gasteiger partial charge in [0.2, 0.25) is 0 Å².